The van der Waals surface area contributed by atoms with Crippen molar-refractivity contribution in [2.24, 2.45) is 0 Å². The van der Waals surface area contributed by atoms with Crippen molar-refractivity contribution in [2.45, 2.75) is 96.3 Å². The summed E-state index contributed by atoms with van der Waals surface area (Å²) in [5.41, 5.74) is 0. The topological polar surface area (TPSA) is 6.48 Å². The Kier molecular flexibility index (Phi) is 8.01. The molecule has 0 aromatic rings. The van der Waals surface area contributed by atoms with Crippen molar-refractivity contribution in [2.75, 3.05) is 0 Å². The van der Waals surface area contributed by atoms with Gasteiger partial charge in [-0.1, -0.05) is 0 Å². The van der Waals surface area contributed by atoms with E-state index in [1.807, 2.05) is 0 Å². The van der Waals surface area contributed by atoms with Crippen LogP contribution in [-0.4, -0.2) is 58.5 Å². The van der Waals surface area contributed by atoms with Gasteiger partial charge in [-0.25, -0.2) is 0 Å². The van der Waals surface area contributed by atoms with E-state index in [2.05, 4.69) is 97.2 Å². The molecule has 0 aromatic heterocycles. The predicted octanol–water partition coefficient (Wildman–Crippen LogP) is 5.83. The van der Waals surface area contributed by atoms with Crippen molar-refractivity contribution in [1.29, 1.82) is 0 Å². The Morgan fingerprint density at radius 1 is 0.500 bits per heavy atom. The van der Waals surface area contributed by atoms with Gasteiger partial charge in [-0.05, 0) is 0 Å². The first-order valence-corrected chi connectivity index (χ1v) is 26.3. The van der Waals surface area contributed by atoms with Crippen LogP contribution in [0.3, 0.4) is 0 Å². The molecule has 0 aromatic carbocycles. The zero-order valence-corrected chi connectivity index (χ0v) is 24.5. The summed E-state index contributed by atoms with van der Waals surface area (Å²) in [6.07, 6.45) is 0. The van der Waals surface area contributed by atoms with Gasteiger partial charge in [0, 0.05) is 0 Å². The number of rotatable bonds is 7. The van der Waals surface area contributed by atoms with Gasteiger partial charge in [-0.15, -0.1) is 0 Å². The van der Waals surface area contributed by atoms with Gasteiger partial charge in [-0.2, -0.15) is 0 Å². The van der Waals surface area contributed by atoms with E-state index < -0.39 is 53.7 Å². The summed E-state index contributed by atoms with van der Waals surface area (Å²) >= 11 is -1.69. The summed E-state index contributed by atoms with van der Waals surface area (Å²) in [6.45, 7) is 36.2. The number of hydrogen-bond donors (Lipinski definition) is 0. The number of hydrogen-bond acceptors (Lipinski definition) is 2. The first-order chi connectivity index (χ1) is 9.31. The molecule has 0 aliphatic rings. The molecule has 0 aliphatic heterocycles. The molecule has 0 saturated heterocycles. The first kappa shape index (κ1) is 23.6. The van der Waals surface area contributed by atoms with Gasteiger partial charge in [0.15, 0.2) is 0 Å². The normalized spacial score (nSPS) is 15.5. The fourth-order valence-corrected chi connectivity index (χ4v) is 57.6. The summed E-state index contributed by atoms with van der Waals surface area (Å²) in [7, 11) is -5.16. The molecule has 0 fully saturated rings. The average molecular weight is 486 g/mol. The van der Waals surface area contributed by atoms with Crippen LogP contribution in [0.4, 0.5) is 0 Å². The molecule has 22 heavy (non-hydrogen) atoms. The molecule has 0 radical (unpaired) electrons. The Morgan fingerprint density at radius 3 is 0.773 bits per heavy atom. The second-order valence-corrected chi connectivity index (χ2v) is 42.3. The van der Waals surface area contributed by atoms with E-state index in [1.165, 1.54) is 0 Å². The van der Waals surface area contributed by atoms with Gasteiger partial charge in [0.1, 0.15) is 0 Å². The zero-order valence-electron chi connectivity index (χ0n) is 17.9. The first-order valence-electron chi connectivity index (χ1n) is 8.71. The molecule has 0 saturated carbocycles. The molecule has 134 valence electrons. The van der Waals surface area contributed by atoms with Crippen LogP contribution in [0.5, 0.6) is 0 Å². The number of nitrogens with zero attached hydrogens (tertiary/aromatic N) is 2. The molecule has 0 spiro atoms. The van der Waals surface area contributed by atoms with Gasteiger partial charge >= 0.3 is 155 Å². The van der Waals surface area contributed by atoms with Crippen molar-refractivity contribution < 1.29 is 0 Å². The molecule has 0 atom stereocenters. The standard InChI is InChI=1S/2C6H18NSi2.C3H7.Sb/c2*1-8(2,3)7-9(4,5)6;1-3-2;/h2*1-6H3;3H,1-2H3;/q2*-1;;+2. The predicted molar refractivity (Wildman–Crippen MR) is 118 cm³/mol. The van der Waals surface area contributed by atoms with Crippen LogP contribution >= 0.6 is 0 Å². The van der Waals surface area contributed by atoms with E-state index in [1.54, 1.807) is 0 Å². The Balaban J connectivity index is 6.28. The summed E-state index contributed by atoms with van der Waals surface area (Å²) in [5, 5.41) is 0. The SMILES string of the molecule is C[CH](C)[Sb]([N]([Si](C)(C)C)[Si](C)(C)C)[N]([Si](C)(C)C)[Si](C)(C)C. The zero-order chi connectivity index (χ0) is 18.3. The Hall–Kier alpha value is 1.61. The molecule has 0 aliphatic carbocycles. The molecule has 7 heteroatoms. The molecular weight excluding hydrogens is 442 g/mol. The van der Waals surface area contributed by atoms with Gasteiger partial charge in [0.2, 0.25) is 0 Å². The Morgan fingerprint density at radius 2 is 0.682 bits per heavy atom. The summed E-state index contributed by atoms with van der Waals surface area (Å²) in [4.78, 5) is 0. The van der Waals surface area contributed by atoms with Crippen molar-refractivity contribution in [3.63, 3.8) is 0 Å². The van der Waals surface area contributed by atoms with E-state index in [0.717, 1.165) is 3.86 Å². The minimum atomic E-state index is -1.69. The molecule has 0 amide bonds. The maximum atomic E-state index is 3.24. The van der Waals surface area contributed by atoms with E-state index >= 15 is 0 Å². The summed E-state index contributed by atoms with van der Waals surface area (Å²) < 4.78 is 7.36. The van der Waals surface area contributed by atoms with Crippen LogP contribution in [0.25, 0.3) is 0 Å². The summed E-state index contributed by atoms with van der Waals surface area (Å²) in [6, 6.07) is 0. The monoisotopic (exact) mass is 484 g/mol. The molecule has 0 rings (SSSR count). The van der Waals surface area contributed by atoms with E-state index in [4.69, 9.17) is 0 Å². The van der Waals surface area contributed by atoms with Crippen LogP contribution in [0.1, 0.15) is 13.8 Å². The van der Waals surface area contributed by atoms with Crippen LogP contribution < -0.4 is 0 Å². The fourth-order valence-electron chi connectivity index (χ4n) is 3.79. The second-order valence-electron chi connectivity index (χ2n) is 10.7. The minimum absolute atomic E-state index is 0.875. The Bertz CT molecular complexity index is 302. The molecule has 0 unspecified atom stereocenters. The molecule has 0 N–H and O–H groups in total. The molecule has 0 heterocycles. The van der Waals surface area contributed by atoms with Gasteiger partial charge in [0.05, 0.1) is 0 Å². The van der Waals surface area contributed by atoms with Crippen LogP contribution in [0, 0.1) is 0 Å². The fraction of sp³-hybridized carbons (Fsp3) is 1.00. The quantitative estimate of drug-likeness (QED) is 0.419. The Labute approximate surface area is 154 Å². The third kappa shape index (κ3) is 6.49. The maximum absolute atomic E-state index is 3.24. The van der Waals surface area contributed by atoms with E-state index in [9.17, 15) is 0 Å². The van der Waals surface area contributed by atoms with Gasteiger partial charge in [0.25, 0.3) is 0 Å². The van der Waals surface area contributed by atoms with Crippen molar-refractivity contribution in [3.8, 4) is 0 Å². The third-order valence-electron chi connectivity index (χ3n) is 3.41. The van der Waals surface area contributed by atoms with Gasteiger partial charge in [-0.3, -0.25) is 0 Å². The molecular formula is C15H43N2SbSi4. The van der Waals surface area contributed by atoms with Crippen LogP contribution in [0.2, 0.25) is 82.4 Å². The van der Waals surface area contributed by atoms with Crippen LogP contribution in [0.15, 0.2) is 0 Å². The van der Waals surface area contributed by atoms with Crippen molar-refractivity contribution >= 4 is 53.7 Å². The molecule has 0 bridgehead atoms. The van der Waals surface area contributed by atoms with E-state index in [-0.39, 0.29) is 0 Å². The van der Waals surface area contributed by atoms with Crippen molar-refractivity contribution in [1.82, 2.24) is 4.78 Å². The van der Waals surface area contributed by atoms with Crippen LogP contribution in [-0.2, 0) is 0 Å². The van der Waals surface area contributed by atoms with Crippen molar-refractivity contribution in [3.05, 3.63) is 0 Å². The second kappa shape index (κ2) is 7.46. The summed E-state index contributed by atoms with van der Waals surface area (Å²) in [5.74, 6) is 0. The third-order valence-corrected chi connectivity index (χ3v) is 47.6. The van der Waals surface area contributed by atoms with Gasteiger partial charge < -0.3 is 0 Å². The molecule has 2 nitrogen and oxygen atoms in total. The van der Waals surface area contributed by atoms with E-state index in [0.29, 0.717) is 0 Å². The average Bonchev–Trinajstić information content (AvgIpc) is 2.06.